The third-order valence-electron chi connectivity index (χ3n) is 5.45. The number of aromatic nitrogens is 1. The summed E-state index contributed by atoms with van der Waals surface area (Å²) in [5.74, 6) is 0. The molecular formula is C20H29ClN3S+. The van der Waals surface area contributed by atoms with Crippen LogP contribution in [0.15, 0.2) is 36.0 Å². The molecule has 0 amide bonds. The second kappa shape index (κ2) is 8.52. The number of benzene rings is 1. The van der Waals surface area contributed by atoms with Crippen molar-refractivity contribution in [2.24, 2.45) is 0 Å². The number of nitrogens with zero attached hydrogens (tertiary/aromatic N) is 2. The van der Waals surface area contributed by atoms with Gasteiger partial charge in [0, 0.05) is 30.0 Å². The highest BCUT2D eigenvalue weighted by Gasteiger charge is 2.48. The van der Waals surface area contributed by atoms with E-state index < -0.39 is 0 Å². The van der Waals surface area contributed by atoms with Gasteiger partial charge in [-0.05, 0) is 44.6 Å². The molecule has 1 aromatic heterocycles. The lowest BCUT2D eigenvalue weighted by Crippen LogP contribution is -2.59. The van der Waals surface area contributed by atoms with Crippen molar-refractivity contribution in [1.82, 2.24) is 4.90 Å². The Kier molecular flexibility index (Phi) is 6.37. The second-order valence-corrected chi connectivity index (χ2v) is 8.15. The molecule has 1 heterocycles. The van der Waals surface area contributed by atoms with Gasteiger partial charge in [0.1, 0.15) is 0 Å². The lowest BCUT2D eigenvalue weighted by atomic mass is 9.71. The van der Waals surface area contributed by atoms with Crippen LogP contribution in [-0.2, 0) is 5.54 Å². The average molecular weight is 379 g/mol. The van der Waals surface area contributed by atoms with Gasteiger partial charge in [-0.15, -0.1) is 0 Å². The lowest BCUT2D eigenvalue weighted by Gasteiger charge is -2.35. The van der Waals surface area contributed by atoms with Crippen LogP contribution >= 0.6 is 22.9 Å². The summed E-state index contributed by atoms with van der Waals surface area (Å²) in [7, 11) is 0. The van der Waals surface area contributed by atoms with E-state index in [-0.39, 0.29) is 5.54 Å². The van der Waals surface area contributed by atoms with Crippen LogP contribution < -0.4 is 9.88 Å². The maximum Gasteiger partial charge on any atom is 0.227 e. The van der Waals surface area contributed by atoms with E-state index in [2.05, 4.69) is 52.5 Å². The number of halogens is 1. The van der Waals surface area contributed by atoms with E-state index in [1.807, 2.05) is 12.1 Å². The highest BCUT2D eigenvalue weighted by molar-refractivity contribution is 7.13. The van der Waals surface area contributed by atoms with Crippen LogP contribution in [-0.4, -0.2) is 31.1 Å². The molecule has 5 heteroatoms. The van der Waals surface area contributed by atoms with Gasteiger partial charge in [0.25, 0.3) is 0 Å². The van der Waals surface area contributed by atoms with Gasteiger partial charge in [0.05, 0.1) is 0 Å². The van der Waals surface area contributed by atoms with Gasteiger partial charge in [-0.3, -0.25) is 0 Å². The standard InChI is InChI=1S/C20H29ClN3S/c1-3-23(4-2)14-6-13-22-19-15-24(16-25-19)20(11-5-12-20)17-7-9-18(21)10-8-17/h7-10,15-16,22H,3-6,11-14H2,1-2H3/q+1. The van der Waals surface area contributed by atoms with E-state index in [0.717, 1.165) is 24.7 Å². The molecule has 136 valence electrons. The number of rotatable bonds is 9. The summed E-state index contributed by atoms with van der Waals surface area (Å²) < 4.78 is 2.41. The lowest BCUT2D eigenvalue weighted by molar-refractivity contribution is -0.761. The van der Waals surface area contributed by atoms with Crippen LogP contribution in [0.5, 0.6) is 0 Å². The van der Waals surface area contributed by atoms with Crippen molar-refractivity contribution in [3.8, 4) is 0 Å². The number of thiazole rings is 1. The second-order valence-electron chi connectivity index (χ2n) is 6.82. The third-order valence-corrected chi connectivity index (χ3v) is 6.54. The largest absolute Gasteiger partial charge is 0.372 e. The van der Waals surface area contributed by atoms with Crippen LogP contribution in [0.1, 0.15) is 45.1 Å². The van der Waals surface area contributed by atoms with Gasteiger partial charge < -0.3 is 10.2 Å². The summed E-state index contributed by atoms with van der Waals surface area (Å²) in [5.41, 5.74) is 3.77. The molecule has 0 unspecified atom stereocenters. The normalized spacial score (nSPS) is 16.0. The topological polar surface area (TPSA) is 19.1 Å². The number of nitrogens with one attached hydrogen (secondary N) is 1. The van der Waals surface area contributed by atoms with Crippen molar-refractivity contribution < 1.29 is 4.57 Å². The van der Waals surface area contributed by atoms with E-state index >= 15 is 0 Å². The van der Waals surface area contributed by atoms with Gasteiger partial charge in [-0.1, -0.05) is 48.9 Å². The Balaban J connectivity index is 1.61. The highest BCUT2D eigenvalue weighted by atomic mass is 35.5. The van der Waals surface area contributed by atoms with E-state index in [0.29, 0.717) is 0 Å². The van der Waals surface area contributed by atoms with Gasteiger partial charge in [0.2, 0.25) is 11.7 Å². The van der Waals surface area contributed by atoms with Crippen molar-refractivity contribution in [2.45, 2.75) is 45.1 Å². The first kappa shape index (κ1) is 18.7. The predicted octanol–water partition coefficient (Wildman–Crippen LogP) is 4.76. The van der Waals surface area contributed by atoms with Gasteiger partial charge in [-0.25, -0.2) is 0 Å². The summed E-state index contributed by atoms with van der Waals surface area (Å²) in [6.07, 6.45) is 7.17. The number of hydrogen-bond acceptors (Lipinski definition) is 3. The molecular weight excluding hydrogens is 350 g/mol. The molecule has 0 radical (unpaired) electrons. The quantitative estimate of drug-likeness (QED) is 0.501. The maximum atomic E-state index is 6.07. The fourth-order valence-corrected chi connectivity index (χ4v) is 4.61. The van der Waals surface area contributed by atoms with E-state index in [4.69, 9.17) is 11.6 Å². The molecule has 0 bridgehead atoms. The zero-order valence-corrected chi connectivity index (χ0v) is 16.9. The number of hydrogen-bond donors (Lipinski definition) is 1. The van der Waals surface area contributed by atoms with E-state index in [1.165, 1.54) is 42.8 Å². The summed E-state index contributed by atoms with van der Waals surface area (Å²) >= 11 is 7.87. The number of anilines is 1. The Hall–Kier alpha value is -1.10. The molecule has 1 aliphatic carbocycles. The fourth-order valence-electron chi connectivity index (χ4n) is 3.63. The molecule has 2 aromatic rings. The molecule has 1 aliphatic rings. The van der Waals surface area contributed by atoms with Crippen molar-refractivity contribution in [3.05, 3.63) is 46.6 Å². The molecule has 0 saturated heterocycles. The molecule has 1 aromatic carbocycles. The monoisotopic (exact) mass is 378 g/mol. The van der Waals surface area contributed by atoms with Crippen LogP contribution in [0.4, 0.5) is 5.00 Å². The summed E-state index contributed by atoms with van der Waals surface area (Å²) in [4.78, 5) is 2.47. The van der Waals surface area contributed by atoms with Crippen molar-refractivity contribution in [1.29, 1.82) is 0 Å². The van der Waals surface area contributed by atoms with Crippen LogP contribution in [0.3, 0.4) is 0 Å². The van der Waals surface area contributed by atoms with Crippen LogP contribution in [0.2, 0.25) is 5.02 Å². The van der Waals surface area contributed by atoms with E-state index in [1.54, 1.807) is 11.3 Å². The van der Waals surface area contributed by atoms with Gasteiger partial charge >= 0.3 is 0 Å². The minimum Gasteiger partial charge on any atom is -0.372 e. The van der Waals surface area contributed by atoms with E-state index in [9.17, 15) is 0 Å². The zero-order valence-electron chi connectivity index (χ0n) is 15.3. The molecule has 1 saturated carbocycles. The SMILES string of the molecule is CCN(CC)CCCNc1c[n+](C2(c3ccc(Cl)cc3)CCC2)cs1. The van der Waals surface area contributed by atoms with Crippen molar-refractivity contribution in [2.75, 3.05) is 31.5 Å². The van der Waals surface area contributed by atoms with Gasteiger partial charge in [-0.2, -0.15) is 4.57 Å². The Morgan fingerprint density at radius 1 is 1.20 bits per heavy atom. The molecule has 25 heavy (non-hydrogen) atoms. The molecule has 0 aliphatic heterocycles. The fraction of sp³-hybridized carbons (Fsp3) is 0.550. The maximum absolute atomic E-state index is 6.07. The summed E-state index contributed by atoms with van der Waals surface area (Å²) in [6, 6.07) is 8.39. The molecule has 1 fully saturated rings. The predicted molar refractivity (Wildman–Crippen MR) is 108 cm³/mol. The first-order valence-corrected chi connectivity index (χ1v) is 10.7. The summed E-state index contributed by atoms with van der Waals surface area (Å²) in [6.45, 7) is 8.94. The smallest absolute Gasteiger partial charge is 0.227 e. The Labute approximate surface area is 160 Å². The third kappa shape index (κ3) is 4.18. The Morgan fingerprint density at radius 3 is 2.52 bits per heavy atom. The summed E-state index contributed by atoms with van der Waals surface area (Å²) in [5, 5.41) is 5.67. The molecule has 3 nitrogen and oxygen atoms in total. The molecule has 3 rings (SSSR count). The Bertz CT molecular complexity index is 660. The Morgan fingerprint density at radius 2 is 1.92 bits per heavy atom. The molecule has 0 atom stereocenters. The highest BCUT2D eigenvalue weighted by Crippen LogP contribution is 2.41. The zero-order chi connectivity index (χ0) is 17.7. The van der Waals surface area contributed by atoms with Crippen molar-refractivity contribution >= 4 is 27.9 Å². The molecule has 0 spiro atoms. The van der Waals surface area contributed by atoms with Crippen LogP contribution in [0, 0.1) is 0 Å². The molecule has 1 N–H and O–H groups in total. The minimum atomic E-state index is 0.127. The van der Waals surface area contributed by atoms with Crippen molar-refractivity contribution in [3.63, 3.8) is 0 Å². The first-order chi connectivity index (χ1) is 12.2. The van der Waals surface area contributed by atoms with Crippen LogP contribution in [0.25, 0.3) is 0 Å². The average Bonchev–Trinajstić information content (AvgIpc) is 3.05. The first-order valence-electron chi connectivity index (χ1n) is 9.40. The van der Waals surface area contributed by atoms with Gasteiger partial charge in [0.15, 0.2) is 10.5 Å². The minimum absolute atomic E-state index is 0.127.